The molecule has 0 bridgehead atoms. The molecular formula is C27H28O3. The van der Waals surface area contributed by atoms with E-state index in [1.165, 1.54) is 16.7 Å². The molecule has 4 rings (SSSR count). The molecule has 0 radical (unpaired) electrons. The van der Waals surface area contributed by atoms with Crippen LogP contribution in [-0.4, -0.2) is 6.61 Å². The van der Waals surface area contributed by atoms with E-state index in [9.17, 15) is 0 Å². The minimum Gasteiger partial charge on any atom is -0.494 e. The molecule has 154 valence electrons. The summed E-state index contributed by atoms with van der Waals surface area (Å²) in [6.07, 6.45) is 2.86. The van der Waals surface area contributed by atoms with Crippen molar-refractivity contribution in [2.45, 2.75) is 39.7 Å². The average Bonchev–Trinajstić information content (AvgIpc) is 3.14. The number of allylic oxidation sites excluding steroid dienone is 1. The quantitative estimate of drug-likeness (QED) is 0.438. The van der Waals surface area contributed by atoms with Gasteiger partial charge in [-0.05, 0) is 53.8 Å². The molecule has 0 saturated carbocycles. The maximum Gasteiger partial charge on any atom is 0.134 e. The number of benzene rings is 3. The molecule has 0 saturated heterocycles. The summed E-state index contributed by atoms with van der Waals surface area (Å²) in [5, 5.41) is 0. The first-order chi connectivity index (χ1) is 14.6. The molecule has 0 unspecified atom stereocenters. The molecule has 0 atom stereocenters. The van der Waals surface area contributed by atoms with E-state index < -0.39 is 0 Å². The Balaban J connectivity index is 1.41. The third-order valence-electron chi connectivity index (χ3n) is 5.19. The summed E-state index contributed by atoms with van der Waals surface area (Å²) in [5.74, 6) is 4.05. The van der Waals surface area contributed by atoms with Gasteiger partial charge in [0.25, 0.3) is 0 Å². The van der Waals surface area contributed by atoms with Gasteiger partial charge in [0.15, 0.2) is 0 Å². The highest BCUT2D eigenvalue weighted by Crippen LogP contribution is 2.35. The second-order valence-corrected chi connectivity index (χ2v) is 7.85. The predicted molar refractivity (Wildman–Crippen MR) is 121 cm³/mol. The Labute approximate surface area is 178 Å². The topological polar surface area (TPSA) is 27.7 Å². The Morgan fingerprint density at radius 2 is 1.73 bits per heavy atom. The molecule has 0 fully saturated rings. The summed E-state index contributed by atoms with van der Waals surface area (Å²) in [4.78, 5) is 0. The van der Waals surface area contributed by atoms with Crippen LogP contribution in [0, 0.1) is 0 Å². The van der Waals surface area contributed by atoms with Crippen molar-refractivity contribution in [2.24, 2.45) is 0 Å². The first-order valence-electron chi connectivity index (χ1n) is 10.6. The van der Waals surface area contributed by atoms with Gasteiger partial charge in [0.2, 0.25) is 0 Å². The van der Waals surface area contributed by atoms with Crippen LogP contribution in [0.4, 0.5) is 0 Å². The molecule has 0 spiro atoms. The highest BCUT2D eigenvalue weighted by atomic mass is 16.5. The van der Waals surface area contributed by atoms with E-state index in [0.717, 1.165) is 35.0 Å². The Morgan fingerprint density at radius 1 is 0.933 bits per heavy atom. The van der Waals surface area contributed by atoms with Crippen molar-refractivity contribution < 1.29 is 14.2 Å². The van der Waals surface area contributed by atoms with Crippen LogP contribution in [0.5, 0.6) is 17.2 Å². The predicted octanol–water partition coefficient (Wildman–Crippen LogP) is 6.76. The molecule has 0 amide bonds. The van der Waals surface area contributed by atoms with Gasteiger partial charge in [0.1, 0.15) is 29.6 Å². The lowest BCUT2D eigenvalue weighted by Gasteiger charge is -2.09. The van der Waals surface area contributed by atoms with Crippen molar-refractivity contribution in [1.82, 2.24) is 0 Å². The summed E-state index contributed by atoms with van der Waals surface area (Å²) in [5.41, 5.74) is 4.76. The first kappa shape index (κ1) is 20.1. The lowest BCUT2D eigenvalue weighted by Crippen LogP contribution is -1.96. The smallest absolute Gasteiger partial charge is 0.134 e. The van der Waals surface area contributed by atoms with Crippen LogP contribution in [0.2, 0.25) is 0 Å². The molecule has 0 aliphatic carbocycles. The minimum absolute atomic E-state index is 0.541. The van der Waals surface area contributed by atoms with Crippen molar-refractivity contribution in [3.8, 4) is 17.2 Å². The molecule has 1 aliphatic rings. The molecule has 1 aliphatic heterocycles. The molecule has 3 heteroatoms. The van der Waals surface area contributed by atoms with Crippen LogP contribution in [0.1, 0.15) is 48.9 Å². The summed E-state index contributed by atoms with van der Waals surface area (Å²) < 4.78 is 17.6. The largest absolute Gasteiger partial charge is 0.494 e. The van der Waals surface area contributed by atoms with E-state index in [4.69, 9.17) is 14.2 Å². The average molecular weight is 401 g/mol. The summed E-state index contributed by atoms with van der Waals surface area (Å²) >= 11 is 0. The van der Waals surface area contributed by atoms with Crippen molar-refractivity contribution in [3.63, 3.8) is 0 Å². The van der Waals surface area contributed by atoms with Crippen LogP contribution in [0.25, 0.3) is 6.08 Å². The molecule has 3 nitrogen and oxygen atoms in total. The van der Waals surface area contributed by atoms with E-state index in [2.05, 4.69) is 56.3 Å². The van der Waals surface area contributed by atoms with Crippen LogP contribution < -0.4 is 14.2 Å². The van der Waals surface area contributed by atoms with Gasteiger partial charge in [-0.15, -0.1) is 0 Å². The van der Waals surface area contributed by atoms with Crippen LogP contribution in [0.3, 0.4) is 0 Å². The number of ether oxygens (including phenoxy) is 3. The van der Waals surface area contributed by atoms with E-state index in [-0.39, 0.29) is 0 Å². The van der Waals surface area contributed by atoms with Crippen LogP contribution in [-0.2, 0) is 13.0 Å². The van der Waals surface area contributed by atoms with Gasteiger partial charge in [-0.1, -0.05) is 56.3 Å². The van der Waals surface area contributed by atoms with E-state index in [0.29, 0.717) is 19.1 Å². The van der Waals surface area contributed by atoms with E-state index in [1.807, 2.05) is 37.3 Å². The van der Waals surface area contributed by atoms with Gasteiger partial charge >= 0.3 is 0 Å². The molecule has 0 N–H and O–H groups in total. The van der Waals surface area contributed by atoms with Crippen molar-refractivity contribution in [3.05, 3.63) is 94.7 Å². The van der Waals surface area contributed by atoms with E-state index >= 15 is 0 Å². The monoisotopic (exact) mass is 400 g/mol. The minimum atomic E-state index is 0.541. The highest BCUT2D eigenvalue weighted by molar-refractivity contribution is 5.58. The maximum atomic E-state index is 6.04. The molecule has 3 aromatic rings. The molecular weight excluding hydrogens is 372 g/mol. The van der Waals surface area contributed by atoms with Gasteiger partial charge in [-0.2, -0.15) is 0 Å². The Hall–Kier alpha value is -3.20. The van der Waals surface area contributed by atoms with Gasteiger partial charge in [-0.25, -0.2) is 0 Å². The second kappa shape index (κ2) is 9.08. The third kappa shape index (κ3) is 4.85. The van der Waals surface area contributed by atoms with Crippen LogP contribution in [0.15, 0.2) is 72.5 Å². The van der Waals surface area contributed by atoms with Gasteiger partial charge in [0, 0.05) is 18.1 Å². The molecule has 30 heavy (non-hydrogen) atoms. The Kier molecular flexibility index (Phi) is 6.08. The number of hydrogen-bond acceptors (Lipinski definition) is 3. The van der Waals surface area contributed by atoms with Crippen molar-refractivity contribution >= 4 is 6.08 Å². The second-order valence-electron chi connectivity index (χ2n) is 7.85. The number of rotatable bonds is 7. The number of fused-ring (bicyclic) bond motifs is 1. The highest BCUT2D eigenvalue weighted by Gasteiger charge is 2.18. The lowest BCUT2D eigenvalue weighted by atomic mass is 10.0. The summed E-state index contributed by atoms with van der Waals surface area (Å²) in [6, 6.07) is 22.8. The maximum absolute atomic E-state index is 6.04. The Morgan fingerprint density at radius 3 is 2.50 bits per heavy atom. The zero-order chi connectivity index (χ0) is 20.9. The summed E-state index contributed by atoms with van der Waals surface area (Å²) in [6.45, 7) is 7.60. The fraction of sp³-hybridized carbons (Fsp3) is 0.259. The zero-order valence-corrected chi connectivity index (χ0v) is 17.9. The van der Waals surface area contributed by atoms with Gasteiger partial charge in [0.05, 0.1) is 6.61 Å². The fourth-order valence-electron chi connectivity index (χ4n) is 3.52. The molecule has 3 aromatic carbocycles. The van der Waals surface area contributed by atoms with Gasteiger partial charge < -0.3 is 14.2 Å². The number of hydrogen-bond donors (Lipinski definition) is 0. The summed E-state index contributed by atoms with van der Waals surface area (Å²) in [7, 11) is 0. The fourth-order valence-corrected chi connectivity index (χ4v) is 3.52. The van der Waals surface area contributed by atoms with Gasteiger partial charge in [-0.3, -0.25) is 0 Å². The standard InChI is InChI=1S/C27H28O3/c1-4-28-25-13-12-23-16-26(30-27(23)17-25)15-21-6-5-7-24(14-21)29-18-20-8-10-22(11-9-20)19(2)3/h5-15,17,19H,4,16,18H2,1-3H3. The SMILES string of the molecule is CCOc1ccc2c(c1)OC(=Cc1cccc(OCc3ccc(C(C)C)cc3)c1)C2. The third-order valence-corrected chi connectivity index (χ3v) is 5.19. The van der Waals surface area contributed by atoms with Crippen molar-refractivity contribution in [1.29, 1.82) is 0 Å². The molecule has 1 heterocycles. The normalized spacial score (nSPS) is 13.9. The van der Waals surface area contributed by atoms with Crippen molar-refractivity contribution in [2.75, 3.05) is 6.61 Å². The zero-order valence-electron chi connectivity index (χ0n) is 17.9. The van der Waals surface area contributed by atoms with E-state index in [1.54, 1.807) is 0 Å². The lowest BCUT2D eigenvalue weighted by molar-refractivity contribution is 0.306. The first-order valence-corrected chi connectivity index (χ1v) is 10.6. The molecule has 0 aromatic heterocycles. The van der Waals surface area contributed by atoms with Crippen LogP contribution >= 0.6 is 0 Å². The Bertz CT molecular complexity index is 1030.